The van der Waals surface area contributed by atoms with Crippen LogP contribution in [0.2, 0.25) is 0 Å². The highest BCUT2D eigenvalue weighted by molar-refractivity contribution is 5.76. The van der Waals surface area contributed by atoms with Gasteiger partial charge in [-0.1, -0.05) is 62.8 Å². The van der Waals surface area contributed by atoms with Gasteiger partial charge in [0.2, 0.25) is 0 Å². The molecule has 1 aliphatic rings. The molecule has 0 heteroatoms. The van der Waals surface area contributed by atoms with E-state index in [1.807, 2.05) is 0 Å². The quantitative estimate of drug-likeness (QED) is 0.544. The monoisotopic (exact) mass is 273 g/mol. The second-order valence-corrected chi connectivity index (χ2v) is 5.73. The van der Waals surface area contributed by atoms with Crippen LogP contribution in [0.4, 0.5) is 0 Å². The molecule has 0 spiro atoms. The Balaban J connectivity index is 1.97. The molecule has 0 N–H and O–H groups in total. The van der Waals surface area contributed by atoms with Gasteiger partial charge in [0.05, 0.1) is 0 Å². The first kappa shape index (κ1) is 14.0. The maximum absolute atomic E-state index is 3.34. The van der Waals surface area contributed by atoms with Gasteiger partial charge in [-0.2, -0.15) is 0 Å². The zero-order valence-electron chi connectivity index (χ0n) is 12.9. The van der Waals surface area contributed by atoms with Crippen molar-refractivity contribution in [2.45, 2.75) is 46.0 Å². The first-order valence-corrected chi connectivity index (χ1v) is 8.02. The molecule has 0 fully saturated rings. The van der Waals surface area contributed by atoms with Crippen LogP contribution in [0.1, 0.15) is 55.4 Å². The summed E-state index contributed by atoms with van der Waals surface area (Å²) in [5.41, 5.74) is 7.80. The molecule has 0 aliphatic heterocycles. The number of hydrogen-bond acceptors (Lipinski definition) is 0. The Bertz CT molecular complexity index is 693. The van der Waals surface area contributed by atoms with Crippen molar-refractivity contribution in [1.82, 2.24) is 0 Å². The van der Waals surface area contributed by atoms with E-state index in [2.05, 4.69) is 62.1 Å². The zero-order chi connectivity index (χ0) is 14.7. The van der Waals surface area contributed by atoms with E-state index < -0.39 is 0 Å². The van der Waals surface area contributed by atoms with Crippen LogP contribution < -0.4 is 0 Å². The third-order valence-corrected chi connectivity index (χ3v) is 4.13. The number of fused-ring (bicyclic) bond motifs is 1. The van der Waals surface area contributed by atoms with Gasteiger partial charge in [0.1, 0.15) is 0 Å². The molecule has 0 unspecified atom stereocenters. The molecular formula is C21H21. The lowest BCUT2D eigenvalue weighted by Gasteiger charge is -2.17. The Labute approximate surface area is 128 Å². The molecule has 0 saturated carbocycles. The number of rotatable bonds is 6. The van der Waals surface area contributed by atoms with Crippen LogP contribution in [0.3, 0.4) is 0 Å². The Hall–Kier alpha value is -2.00. The highest BCUT2D eigenvalue weighted by Crippen LogP contribution is 2.31. The number of benzene rings is 2. The Morgan fingerprint density at radius 1 is 0.905 bits per heavy atom. The van der Waals surface area contributed by atoms with Gasteiger partial charge >= 0.3 is 0 Å². The van der Waals surface area contributed by atoms with Crippen LogP contribution in [-0.2, 0) is 12.8 Å². The van der Waals surface area contributed by atoms with Crippen molar-refractivity contribution in [3.8, 4) is 23.0 Å². The van der Waals surface area contributed by atoms with Crippen LogP contribution in [0.5, 0.6) is 0 Å². The molecule has 21 heavy (non-hydrogen) atoms. The van der Waals surface area contributed by atoms with Crippen molar-refractivity contribution in [1.29, 1.82) is 0 Å². The molecule has 0 amide bonds. The molecule has 0 nitrogen and oxygen atoms in total. The molecule has 1 radical (unpaired) electrons. The summed E-state index contributed by atoms with van der Waals surface area (Å²) in [4.78, 5) is 0. The molecule has 0 atom stereocenters. The minimum absolute atomic E-state index is 1.10. The van der Waals surface area contributed by atoms with Gasteiger partial charge in [-0.25, -0.2) is 0 Å². The fourth-order valence-corrected chi connectivity index (χ4v) is 2.90. The van der Waals surface area contributed by atoms with Crippen molar-refractivity contribution in [3.63, 3.8) is 0 Å². The normalized spacial score (nSPS) is 11.3. The van der Waals surface area contributed by atoms with Crippen molar-refractivity contribution >= 4 is 0 Å². The van der Waals surface area contributed by atoms with E-state index in [1.165, 1.54) is 47.1 Å². The molecule has 0 saturated heterocycles. The predicted octanol–water partition coefficient (Wildman–Crippen LogP) is 5.16. The van der Waals surface area contributed by atoms with E-state index in [-0.39, 0.29) is 0 Å². The first-order chi connectivity index (χ1) is 10.3. The third kappa shape index (κ3) is 2.74. The lowest BCUT2D eigenvalue weighted by atomic mass is 9.86. The Morgan fingerprint density at radius 2 is 1.71 bits per heavy atom. The van der Waals surface area contributed by atoms with Crippen molar-refractivity contribution in [2.75, 3.05) is 0 Å². The Kier molecular flexibility index (Phi) is 4.11. The summed E-state index contributed by atoms with van der Waals surface area (Å²) in [6, 6.07) is 14.5. The van der Waals surface area contributed by atoms with E-state index in [9.17, 15) is 0 Å². The minimum atomic E-state index is 1.10. The van der Waals surface area contributed by atoms with Gasteiger partial charge in [-0.05, 0) is 47.6 Å². The van der Waals surface area contributed by atoms with Gasteiger partial charge in [0, 0.05) is 17.2 Å². The van der Waals surface area contributed by atoms with Crippen molar-refractivity contribution in [3.05, 3.63) is 58.7 Å². The van der Waals surface area contributed by atoms with Gasteiger partial charge in [0.15, 0.2) is 0 Å². The highest BCUT2D eigenvalue weighted by atomic mass is 14.2. The summed E-state index contributed by atoms with van der Waals surface area (Å²) in [6.45, 7) is 4.47. The smallest absolute Gasteiger partial charge is 0.0487 e. The van der Waals surface area contributed by atoms with Gasteiger partial charge in [-0.15, -0.1) is 0 Å². The third-order valence-electron chi connectivity index (χ3n) is 4.13. The number of hydrogen-bond donors (Lipinski definition) is 0. The average molecular weight is 273 g/mol. The van der Waals surface area contributed by atoms with Gasteiger partial charge in [0.25, 0.3) is 0 Å². The maximum atomic E-state index is 3.34. The zero-order valence-corrected chi connectivity index (χ0v) is 12.9. The highest BCUT2D eigenvalue weighted by Gasteiger charge is 2.16. The molecule has 1 aliphatic carbocycles. The second-order valence-electron chi connectivity index (χ2n) is 5.73. The summed E-state index contributed by atoms with van der Waals surface area (Å²) in [5.74, 6) is 6.33. The SMILES string of the molecule is CCCCc1c(-c2ccc(CCC)cc2)c[c]c2c1C#C2. The van der Waals surface area contributed by atoms with Crippen LogP contribution in [0.25, 0.3) is 11.1 Å². The molecular weight excluding hydrogens is 252 g/mol. The predicted molar refractivity (Wildman–Crippen MR) is 89.3 cm³/mol. The molecule has 3 rings (SSSR count). The van der Waals surface area contributed by atoms with Crippen LogP contribution in [0.15, 0.2) is 30.3 Å². The summed E-state index contributed by atoms with van der Waals surface area (Å²) in [6.07, 6.45) is 5.91. The summed E-state index contributed by atoms with van der Waals surface area (Å²) in [5, 5.41) is 0. The molecule has 105 valence electrons. The lowest BCUT2D eigenvalue weighted by Crippen LogP contribution is -2.03. The largest absolute Gasteiger partial charge is 0.0654 e. The summed E-state index contributed by atoms with van der Waals surface area (Å²) in [7, 11) is 0. The molecule has 0 heterocycles. The van der Waals surface area contributed by atoms with E-state index >= 15 is 0 Å². The van der Waals surface area contributed by atoms with Crippen LogP contribution >= 0.6 is 0 Å². The fourth-order valence-electron chi connectivity index (χ4n) is 2.90. The molecule has 2 aromatic carbocycles. The minimum Gasteiger partial charge on any atom is -0.0654 e. The average Bonchev–Trinajstić information content (AvgIpc) is 2.48. The molecule has 0 bridgehead atoms. The van der Waals surface area contributed by atoms with E-state index in [0.717, 1.165) is 18.4 Å². The number of aryl methyl sites for hydroxylation is 1. The fraction of sp³-hybridized carbons (Fsp3) is 0.333. The topological polar surface area (TPSA) is 0 Å². The molecule has 0 aromatic heterocycles. The summed E-state index contributed by atoms with van der Waals surface area (Å²) < 4.78 is 0. The van der Waals surface area contributed by atoms with E-state index in [0.29, 0.717) is 0 Å². The summed E-state index contributed by atoms with van der Waals surface area (Å²) >= 11 is 0. The van der Waals surface area contributed by atoms with Crippen LogP contribution in [0, 0.1) is 17.9 Å². The standard InChI is InChI=1S/C21H21/c1-3-5-7-21-19(14-12-18-13-15-20(18)21)17-10-8-16(6-4-2)9-11-17/h8-11,14H,3-7H2,1-2H3. The van der Waals surface area contributed by atoms with Gasteiger partial charge < -0.3 is 0 Å². The lowest BCUT2D eigenvalue weighted by molar-refractivity contribution is 0.794. The number of unbranched alkanes of at least 4 members (excludes halogenated alkanes) is 1. The van der Waals surface area contributed by atoms with Crippen molar-refractivity contribution < 1.29 is 0 Å². The molecule has 2 aromatic rings. The Morgan fingerprint density at radius 3 is 2.33 bits per heavy atom. The van der Waals surface area contributed by atoms with Crippen LogP contribution in [-0.4, -0.2) is 0 Å². The van der Waals surface area contributed by atoms with E-state index in [4.69, 9.17) is 0 Å². The van der Waals surface area contributed by atoms with Crippen molar-refractivity contribution in [2.24, 2.45) is 0 Å². The van der Waals surface area contributed by atoms with Gasteiger partial charge in [-0.3, -0.25) is 0 Å². The maximum Gasteiger partial charge on any atom is 0.0487 e. The van der Waals surface area contributed by atoms with E-state index in [1.54, 1.807) is 0 Å². The first-order valence-electron chi connectivity index (χ1n) is 8.02. The second kappa shape index (κ2) is 6.19.